The Labute approximate surface area is 109 Å². The molecular weight excluding hydrogens is 232 g/mol. The first kappa shape index (κ1) is 15.1. The molecule has 1 aromatic carbocycles. The molecule has 0 bridgehead atoms. The molecule has 0 amide bonds. The van der Waals surface area contributed by atoms with Crippen LogP contribution in [0.1, 0.15) is 57.7 Å². The van der Waals surface area contributed by atoms with Gasteiger partial charge < -0.3 is 0 Å². The Morgan fingerprint density at radius 2 is 1.72 bits per heavy atom. The normalized spacial score (nSPS) is 13.6. The minimum absolute atomic E-state index is 0.116. The van der Waals surface area contributed by atoms with E-state index >= 15 is 0 Å². The molecule has 1 unspecified atom stereocenters. The van der Waals surface area contributed by atoms with Crippen molar-refractivity contribution in [2.75, 3.05) is 6.54 Å². The lowest BCUT2D eigenvalue weighted by Crippen LogP contribution is -2.34. The zero-order valence-corrected chi connectivity index (χ0v) is 11.7. The van der Waals surface area contributed by atoms with Crippen molar-refractivity contribution in [3.05, 3.63) is 35.4 Å². The number of hydrogen-bond donors (Lipinski definition) is 0. The quantitative estimate of drug-likeness (QED) is 0.705. The predicted octanol–water partition coefficient (Wildman–Crippen LogP) is 4.81. The largest absolute Gasteiger partial charge is 0.294 e. The number of rotatable bonds is 6. The molecule has 1 rings (SSSR count). The van der Waals surface area contributed by atoms with Gasteiger partial charge in [-0.1, -0.05) is 32.0 Å². The third-order valence-electron chi connectivity index (χ3n) is 3.36. The van der Waals surface area contributed by atoms with E-state index in [1.165, 1.54) is 6.07 Å². The standard InChI is InChI=1S/C15H23F2N/c1-5-14(18(6-2)11(3)4)12-8-7-9-13(10-12)15(16)17/h7-11,14-15H,5-6H2,1-4H3. The summed E-state index contributed by atoms with van der Waals surface area (Å²) in [5.41, 5.74) is 1.11. The van der Waals surface area contributed by atoms with E-state index in [-0.39, 0.29) is 11.6 Å². The van der Waals surface area contributed by atoms with Crippen LogP contribution in [-0.4, -0.2) is 17.5 Å². The van der Waals surface area contributed by atoms with E-state index in [1.54, 1.807) is 12.1 Å². The van der Waals surface area contributed by atoms with E-state index in [2.05, 4.69) is 32.6 Å². The van der Waals surface area contributed by atoms with Crippen molar-refractivity contribution < 1.29 is 8.78 Å². The number of nitrogens with zero attached hydrogens (tertiary/aromatic N) is 1. The van der Waals surface area contributed by atoms with Gasteiger partial charge in [-0.25, -0.2) is 8.78 Å². The summed E-state index contributed by atoms with van der Waals surface area (Å²) in [5.74, 6) is 0. The molecule has 0 N–H and O–H groups in total. The molecule has 0 radical (unpaired) electrons. The van der Waals surface area contributed by atoms with Gasteiger partial charge in [0.1, 0.15) is 0 Å². The minimum atomic E-state index is -2.39. The maximum absolute atomic E-state index is 12.7. The SMILES string of the molecule is CCC(c1cccc(C(F)F)c1)N(CC)C(C)C. The number of hydrogen-bond acceptors (Lipinski definition) is 1. The maximum atomic E-state index is 12.7. The highest BCUT2D eigenvalue weighted by molar-refractivity contribution is 5.27. The fourth-order valence-corrected chi connectivity index (χ4v) is 2.51. The maximum Gasteiger partial charge on any atom is 0.263 e. The summed E-state index contributed by atoms with van der Waals surface area (Å²) in [7, 11) is 0. The Hall–Kier alpha value is -0.960. The van der Waals surface area contributed by atoms with Gasteiger partial charge in [-0.2, -0.15) is 0 Å². The first-order chi connectivity index (χ1) is 8.51. The van der Waals surface area contributed by atoms with Crippen LogP contribution in [0.2, 0.25) is 0 Å². The van der Waals surface area contributed by atoms with Crippen molar-refractivity contribution in [2.24, 2.45) is 0 Å². The Morgan fingerprint density at radius 1 is 1.11 bits per heavy atom. The highest BCUT2D eigenvalue weighted by Gasteiger charge is 2.20. The molecule has 0 aromatic heterocycles. The highest BCUT2D eigenvalue weighted by atomic mass is 19.3. The summed E-state index contributed by atoms with van der Waals surface area (Å²) in [6.45, 7) is 9.42. The Balaban J connectivity index is 3.04. The molecule has 0 aliphatic heterocycles. The van der Waals surface area contributed by atoms with Crippen LogP contribution in [0.4, 0.5) is 8.78 Å². The lowest BCUT2D eigenvalue weighted by Gasteiger charge is -2.34. The van der Waals surface area contributed by atoms with Crippen molar-refractivity contribution in [3.63, 3.8) is 0 Å². The van der Waals surface area contributed by atoms with Gasteiger partial charge in [-0.05, 0) is 38.4 Å². The molecule has 0 aliphatic carbocycles. The lowest BCUT2D eigenvalue weighted by molar-refractivity contribution is 0.148. The number of alkyl halides is 2. The Kier molecular flexibility index (Phi) is 5.73. The second-order valence-electron chi connectivity index (χ2n) is 4.82. The smallest absolute Gasteiger partial charge is 0.263 e. The van der Waals surface area contributed by atoms with E-state index < -0.39 is 6.43 Å². The van der Waals surface area contributed by atoms with Crippen LogP contribution >= 0.6 is 0 Å². The average Bonchev–Trinajstić information content (AvgIpc) is 2.35. The first-order valence-electron chi connectivity index (χ1n) is 6.64. The molecular formula is C15H23F2N. The molecule has 0 spiro atoms. The van der Waals surface area contributed by atoms with Crippen molar-refractivity contribution in [1.29, 1.82) is 0 Å². The molecule has 0 fully saturated rings. The van der Waals surface area contributed by atoms with E-state index in [0.717, 1.165) is 18.5 Å². The Bertz CT molecular complexity index is 363. The zero-order valence-electron chi connectivity index (χ0n) is 11.7. The van der Waals surface area contributed by atoms with Gasteiger partial charge in [-0.3, -0.25) is 4.90 Å². The number of halogens is 2. The first-order valence-corrected chi connectivity index (χ1v) is 6.64. The summed E-state index contributed by atoms with van der Waals surface area (Å²) in [5, 5.41) is 0. The van der Waals surface area contributed by atoms with Gasteiger partial charge in [0, 0.05) is 17.6 Å². The predicted molar refractivity (Wildman–Crippen MR) is 71.9 cm³/mol. The van der Waals surface area contributed by atoms with Crippen LogP contribution in [0, 0.1) is 0 Å². The van der Waals surface area contributed by atoms with Crippen molar-refractivity contribution in [3.8, 4) is 0 Å². The van der Waals surface area contributed by atoms with E-state index in [4.69, 9.17) is 0 Å². The fourth-order valence-electron chi connectivity index (χ4n) is 2.51. The molecule has 0 saturated heterocycles. The highest BCUT2D eigenvalue weighted by Crippen LogP contribution is 2.29. The summed E-state index contributed by atoms with van der Waals surface area (Å²) < 4.78 is 25.5. The molecule has 1 aromatic rings. The van der Waals surface area contributed by atoms with Crippen LogP contribution in [0.5, 0.6) is 0 Å². The van der Waals surface area contributed by atoms with E-state index in [1.807, 2.05) is 6.07 Å². The van der Waals surface area contributed by atoms with Crippen LogP contribution in [0.15, 0.2) is 24.3 Å². The molecule has 0 heterocycles. The van der Waals surface area contributed by atoms with Gasteiger partial charge in [0.25, 0.3) is 6.43 Å². The van der Waals surface area contributed by atoms with E-state index in [0.29, 0.717) is 6.04 Å². The van der Waals surface area contributed by atoms with E-state index in [9.17, 15) is 8.78 Å². The third kappa shape index (κ3) is 3.52. The number of benzene rings is 1. The topological polar surface area (TPSA) is 3.24 Å². The second-order valence-corrected chi connectivity index (χ2v) is 4.82. The second kappa shape index (κ2) is 6.83. The van der Waals surface area contributed by atoms with Gasteiger partial charge in [0.15, 0.2) is 0 Å². The zero-order chi connectivity index (χ0) is 13.7. The molecule has 102 valence electrons. The molecule has 18 heavy (non-hydrogen) atoms. The summed E-state index contributed by atoms with van der Waals surface area (Å²) in [6.07, 6.45) is -1.46. The molecule has 3 heteroatoms. The molecule has 0 saturated carbocycles. The minimum Gasteiger partial charge on any atom is -0.294 e. The third-order valence-corrected chi connectivity index (χ3v) is 3.36. The van der Waals surface area contributed by atoms with Crippen molar-refractivity contribution in [2.45, 2.75) is 52.6 Å². The van der Waals surface area contributed by atoms with Crippen LogP contribution < -0.4 is 0 Å². The summed E-state index contributed by atoms with van der Waals surface area (Å²) >= 11 is 0. The van der Waals surface area contributed by atoms with Crippen molar-refractivity contribution in [1.82, 2.24) is 4.90 Å². The van der Waals surface area contributed by atoms with Crippen molar-refractivity contribution >= 4 is 0 Å². The fraction of sp³-hybridized carbons (Fsp3) is 0.600. The van der Waals surface area contributed by atoms with Gasteiger partial charge in [0.2, 0.25) is 0 Å². The monoisotopic (exact) mass is 255 g/mol. The van der Waals surface area contributed by atoms with Crippen LogP contribution in [0.3, 0.4) is 0 Å². The van der Waals surface area contributed by atoms with Crippen LogP contribution in [0.25, 0.3) is 0 Å². The summed E-state index contributed by atoms with van der Waals surface area (Å²) in [6, 6.07) is 7.44. The van der Waals surface area contributed by atoms with Gasteiger partial charge in [0.05, 0.1) is 0 Å². The molecule has 1 nitrogen and oxygen atoms in total. The van der Waals surface area contributed by atoms with Gasteiger partial charge >= 0.3 is 0 Å². The molecule has 0 aliphatic rings. The lowest BCUT2D eigenvalue weighted by atomic mass is 9.99. The van der Waals surface area contributed by atoms with Gasteiger partial charge in [-0.15, -0.1) is 0 Å². The average molecular weight is 255 g/mol. The van der Waals surface area contributed by atoms with Crippen LogP contribution in [-0.2, 0) is 0 Å². The molecule has 1 atom stereocenters. The Morgan fingerprint density at radius 3 is 2.17 bits per heavy atom. The summed E-state index contributed by atoms with van der Waals surface area (Å²) in [4.78, 5) is 2.34.